The summed E-state index contributed by atoms with van der Waals surface area (Å²) in [6.07, 6.45) is 1.53. The number of aromatic amines is 1. The highest BCUT2D eigenvalue weighted by molar-refractivity contribution is 6.01. The summed E-state index contributed by atoms with van der Waals surface area (Å²) in [5.41, 5.74) is 0.317. The quantitative estimate of drug-likeness (QED) is 0.653. The van der Waals surface area contributed by atoms with Crippen molar-refractivity contribution in [1.82, 2.24) is 14.8 Å². The summed E-state index contributed by atoms with van der Waals surface area (Å²) < 4.78 is 5.30. The van der Waals surface area contributed by atoms with Gasteiger partial charge in [0.25, 0.3) is 11.6 Å². The number of nitrogens with zero attached hydrogens (tertiary/aromatic N) is 2. The molecule has 8 heteroatoms. The predicted molar refractivity (Wildman–Crippen MR) is 109 cm³/mol. The van der Waals surface area contributed by atoms with Gasteiger partial charge in [-0.1, -0.05) is 11.6 Å². The summed E-state index contributed by atoms with van der Waals surface area (Å²) in [5, 5.41) is 23.7. The maximum absolute atomic E-state index is 13.5. The number of hydrogen-bond acceptors (Lipinski definition) is 5. The van der Waals surface area contributed by atoms with E-state index in [1.54, 1.807) is 25.3 Å². The number of ether oxygens (including phenoxy) is 1. The molecule has 30 heavy (non-hydrogen) atoms. The molecule has 4 atom stereocenters. The molecule has 3 aliphatic rings. The van der Waals surface area contributed by atoms with Gasteiger partial charge in [-0.3, -0.25) is 14.5 Å². The van der Waals surface area contributed by atoms with E-state index in [0.717, 1.165) is 5.57 Å². The number of aliphatic hydroxyl groups is 2. The monoisotopic (exact) mass is 411 g/mol. The number of nitrogens with one attached hydrogen (secondary N) is 1. The molecule has 1 aromatic carbocycles. The third-order valence-corrected chi connectivity index (χ3v) is 6.51. The minimum atomic E-state index is -2.35. The van der Waals surface area contributed by atoms with Gasteiger partial charge in [0.15, 0.2) is 0 Å². The highest BCUT2D eigenvalue weighted by Crippen LogP contribution is 2.51. The van der Waals surface area contributed by atoms with Crippen molar-refractivity contribution in [1.29, 1.82) is 0 Å². The van der Waals surface area contributed by atoms with Crippen LogP contribution >= 0.6 is 0 Å². The third-order valence-electron chi connectivity index (χ3n) is 6.51. The molecule has 0 spiro atoms. The second kappa shape index (κ2) is 6.33. The van der Waals surface area contributed by atoms with Gasteiger partial charge in [-0.25, -0.2) is 0 Å². The lowest BCUT2D eigenvalue weighted by Gasteiger charge is -2.54. The molecule has 0 aliphatic carbocycles. The fraction of sp³-hybridized carbons (Fsp3) is 0.455. The Kier molecular flexibility index (Phi) is 4.04. The molecule has 158 valence electrons. The van der Waals surface area contributed by atoms with E-state index in [4.69, 9.17) is 4.74 Å². The second-order valence-electron chi connectivity index (χ2n) is 8.55. The first kappa shape index (κ1) is 19.1. The van der Waals surface area contributed by atoms with Crippen molar-refractivity contribution in [2.75, 3.05) is 13.7 Å². The van der Waals surface area contributed by atoms with E-state index in [0.29, 0.717) is 47.3 Å². The molecule has 2 aromatic rings. The van der Waals surface area contributed by atoms with Crippen LogP contribution in [0.5, 0.6) is 5.75 Å². The normalized spacial score (nSPS) is 30.2. The van der Waals surface area contributed by atoms with Gasteiger partial charge in [-0.2, -0.15) is 0 Å². The minimum absolute atomic E-state index is 0.335. The average Bonchev–Trinajstić information content (AvgIpc) is 3.34. The van der Waals surface area contributed by atoms with Crippen LogP contribution in [-0.2, 0) is 9.59 Å². The van der Waals surface area contributed by atoms with Crippen molar-refractivity contribution in [3.8, 4) is 5.75 Å². The van der Waals surface area contributed by atoms with Crippen molar-refractivity contribution in [2.45, 2.75) is 50.6 Å². The molecule has 0 bridgehead atoms. The number of fused-ring (bicyclic) bond motifs is 5. The predicted octanol–water partition coefficient (Wildman–Crippen LogP) is 1.75. The largest absolute Gasteiger partial charge is 0.497 e. The third kappa shape index (κ3) is 2.29. The number of methoxy groups -OCH3 is 1. The summed E-state index contributed by atoms with van der Waals surface area (Å²) in [6.45, 7) is 4.20. The Balaban J connectivity index is 1.80. The van der Waals surface area contributed by atoms with Gasteiger partial charge in [0.05, 0.1) is 13.2 Å². The van der Waals surface area contributed by atoms with Gasteiger partial charge < -0.3 is 24.8 Å². The second-order valence-corrected chi connectivity index (χ2v) is 8.55. The van der Waals surface area contributed by atoms with E-state index in [1.165, 1.54) is 9.80 Å². The van der Waals surface area contributed by atoms with Crippen LogP contribution in [0, 0.1) is 0 Å². The maximum Gasteiger partial charge on any atom is 0.279 e. The lowest BCUT2D eigenvalue weighted by atomic mass is 9.82. The lowest BCUT2D eigenvalue weighted by Crippen LogP contribution is -2.74. The van der Waals surface area contributed by atoms with Crippen LogP contribution in [0.15, 0.2) is 29.8 Å². The van der Waals surface area contributed by atoms with Crippen molar-refractivity contribution in [3.63, 3.8) is 0 Å². The standard InChI is InChI=1S/C22H25N3O5/c1-11(2)9-16-18-17(13-7-6-12(30-3)10-14(13)23-18)19(26)22(29)21(28)24-8-4-5-15(24)20(27)25(16)22/h6-7,9-10,15-16,19,23,26,29H,4-5,8H2,1-3H3/t15?,16-,19-,22-/m0/s1. The van der Waals surface area contributed by atoms with Crippen molar-refractivity contribution < 1.29 is 24.5 Å². The van der Waals surface area contributed by atoms with Crippen molar-refractivity contribution >= 4 is 22.7 Å². The summed E-state index contributed by atoms with van der Waals surface area (Å²) in [7, 11) is 1.57. The van der Waals surface area contributed by atoms with Gasteiger partial charge in [0.1, 0.15) is 17.9 Å². The molecular weight excluding hydrogens is 386 g/mol. The first-order valence-electron chi connectivity index (χ1n) is 10.2. The Labute approximate surface area is 173 Å². The number of rotatable bonds is 2. The van der Waals surface area contributed by atoms with E-state index >= 15 is 0 Å². The molecule has 2 amide bonds. The number of H-pyrrole nitrogens is 1. The number of aliphatic hydroxyl groups excluding tert-OH is 1. The SMILES string of the molecule is COc1ccc2c3c([nH]c2c1)[C@H](C=C(C)C)N1C(=O)C2CCCN2C(=O)[C@@]1(O)[C@H]3O. The average molecular weight is 411 g/mol. The molecule has 3 N–H and O–H groups in total. The van der Waals surface area contributed by atoms with E-state index in [2.05, 4.69) is 4.98 Å². The molecule has 1 aromatic heterocycles. The molecule has 2 saturated heterocycles. The van der Waals surface area contributed by atoms with E-state index in [1.807, 2.05) is 19.9 Å². The minimum Gasteiger partial charge on any atom is -0.497 e. The summed E-state index contributed by atoms with van der Waals surface area (Å²) in [5.74, 6) is -0.311. The fourth-order valence-electron chi connectivity index (χ4n) is 5.19. The van der Waals surface area contributed by atoms with Gasteiger partial charge in [-0.05, 0) is 38.8 Å². The topological polar surface area (TPSA) is 106 Å². The molecule has 5 rings (SSSR count). The van der Waals surface area contributed by atoms with Crippen LogP contribution in [0.4, 0.5) is 0 Å². The van der Waals surface area contributed by atoms with Crippen LogP contribution in [0.1, 0.15) is 50.1 Å². The molecule has 0 radical (unpaired) electrons. The first-order valence-corrected chi connectivity index (χ1v) is 10.2. The van der Waals surface area contributed by atoms with Crippen molar-refractivity contribution in [2.24, 2.45) is 0 Å². The number of allylic oxidation sites excluding steroid dienone is 1. The van der Waals surface area contributed by atoms with Gasteiger partial charge >= 0.3 is 0 Å². The smallest absolute Gasteiger partial charge is 0.279 e. The maximum atomic E-state index is 13.5. The van der Waals surface area contributed by atoms with Gasteiger partial charge in [0, 0.05) is 34.8 Å². The zero-order chi connectivity index (χ0) is 21.4. The summed E-state index contributed by atoms with van der Waals surface area (Å²) in [4.78, 5) is 32.8. The van der Waals surface area contributed by atoms with E-state index in [9.17, 15) is 19.8 Å². The Morgan fingerprint density at radius 1 is 1.33 bits per heavy atom. The molecule has 1 unspecified atom stereocenters. The fourth-order valence-corrected chi connectivity index (χ4v) is 5.19. The zero-order valence-electron chi connectivity index (χ0n) is 17.2. The molecule has 0 saturated carbocycles. The van der Waals surface area contributed by atoms with Gasteiger partial charge in [0.2, 0.25) is 5.91 Å². The highest BCUT2D eigenvalue weighted by atomic mass is 16.5. The zero-order valence-corrected chi connectivity index (χ0v) is 17.2. The Morgan fingerprint density at radius 3 is 2.80 bits per heavy atom. The molecule has 2 fully saturated rings. The van der Waals surface area contributed by atoms with Crippen LogP contribution in [0.25, 0.3) is 10.9 Å². The number of amides is 2. The number of carbonyl (C=O) groups excluding carboxylic acids is 2. The Bertz CT molecular complexity index is 1100. The van der Waals surface area contributed by atoms with Crippen LogP contribution in [-0.4, -0.2) is 62.2 Å². The molecule has 8 nitrogen and oxygen atoms in total. The number of benzene rings is 1. The van der Waals surface area contributed by atoms with Crippen LogP contribution in [0.2, 0.25) is 0 Å². The Morgan fingerprint density at radius 2 is 2.10 bits per heavy atom. The summed E-state index contributed by atoms with van der Waals surface area (Å²) >= 11 is 0. The molecular formula is C22H25N3O5. The highest BCUT2D eigenvalue weighted by Gasteiger charge is 2.65. The molecule has 4 heterocycles. The van der Waals surface area contributed by atoms with Gasteiger partial charge in [-0.15, -0.1) is 0 Å². The number of hydrogen-bond donors (Lipinski definition) is 3. The lowest BCUT2D eigenvalue weighted by molar-refractivity contribution is -0.229. The van der Waals surface area contributed by atoms with E-state index in [-0.39, 0.29) is 5.91 Å². The number of carbonyl (C=O) groups is 2. The Hall–Kier alpha value is -2.84. The van der Waals surface area contributed by atoms with Crippen LogP contribution < -0.4 is 4.74 Å². The molecule has 3 aliphatic heterocycles. The van der Waals surface area contributed by atoms with E-state index < -0.39 is 29.8 Å². The van der Waals surface area contributed by atoms with Crippen LogP contribution in [0.3, 0.4) is 0 Å². The first-order chi connectivity index (χ1) is 14.3. The van der Waals surface area contributed by atoms with Crippen molar-refractivity contribution in [3.05, 3.63) is 41.1 Å². The summed E-state index contributed by atoms with van der Waals surface area (Å²) in [6, 6.07) is 4.06. The number of aromatic nitrogens is 1. The number of piperazine rings is 1.